The van der Waals surface area contributed by atoms with Crippen LogP contribution in [0.25, 0.3) is 10.9 Å². The van der Waals surface area contributed by atoms with Crippen LogP contribution in [0, 0.1) is 11.7 Å². The Kier molecular flexibility index (Phi) is 4.63. The number of benzene rings is 1. The molecule has 122 valence electrons. The van der Waals surface area contributed by atoms with Crippen molar-refractivity contribution in [2.75, 3.05) is 0 Å². The number of nitrogens with two attached hydrogens (primary N) is 1. The molecule has 0 fully saturated rings. The molecule has 2 rings (SSSR count). The molecule has 6 heteroatoms. The number of carbonyl (C=O) groups is 2. The summed E-state index contributed by atoms with van der Waals surface area (Å²) in [5.74, 6) is -1.93. The average molecular weight is 317 g/mol. The van der Waals surface area contributed by atoms with Gasteiger partial charge in [0.05, 0.1) is 11.1 Å². The molecule has 0 saturated carbocycles. The van der Waals surface area contributed by atoms with E-state index in [4.69, 9.17) is 5.73 Å². The number of primary amides is 1. The van der Waals surface area contributed by atoms with Crippen molar-refractivity contribution in [1.29, 1.82) is 0 Å². The molecule has 5 nitrogen and oxygen atoms in total. The van der Waals surface area contributed by atoms with Crippen LogP contribution in [0.3, 0.4) is 0 Å². The molecule has 1 unspecified atom stereocenters. The van der Waals surface area contributed by atoms with E-state index in [1.807, 2.05) is 0 Å². The summed E-state index contributed by atoms with van der Waals surface area (Å²) in [6, 6.07) is 5.76. The number of carbonyl (C=O) groups excluding carboxylic acids is 2. The van der Waals surface area contributed by atoms with Crippen molar-refractivity contribution in [3.05, 3.63) is 41.8 Å². The van der Waals surface area contributed by atoms with Crippen molar-refractivity contribution in [1.82, 2.24) is 10.3 Å². The average Bonchev–Trinajstić information content (AvgIpc) is 2.50. The lowest BCUT2D eigenvalue weighted by Crippen LogP contribution is -2.60. The van der Waals surface area contributed by atoms with Gasteiger partial charge in [0.1, 0.15) is 11.4 Å². The topological polar surface area (TPSA) is 85.1 Å². The van der Waals surface area contributed by atoms with Gasteiger partial charge in [0.25, 0.3) is 5.91 Å². The molecule has 0 saturated heterocycles. The van der Waals surface area contributed by atoms with Crippen LogP contribution in [0.15, 0.2) is 30.5 Å². The summed E-state index contributed by atoms with van der Waals surface area (Å²) in [6.07, 6.45) is 1.87. The van der Waals surface area contributed by atoms with Crippen molar-refractivity contribution in [2.45, 2.75) is 32.7 Å². The molecule has 0 aliphatic rings. The van der Waals surface area contributed by atoms with Gasteiger partial charge in [-0.15, -0.1) is 0 Å². The zero-order valence-corrected chi connectivity index (χ0v) is 13.4. The van der Waals surface area contributed by atoms with E-state index in [9.17, 15) is 14.0 Å². The largest absolute Gasteiger partial charge is 0.368 e. The summed E-state index contributed by atoms with van der Waals surface area (Å²) >= 11 is 0. The fraction of sp³-hybridized carbons (Fsp3) is 0.353. The second kappa shape index (κ2) is 6.32. The number of fused-ring (bicyclic) bond motifs is 1. The van der Waals surface area contributed by atoms with Crippen LogP contribution in [0.1, 0.15) is 37.6 Å². The molecule has 0 aliphatic heterocycles. The Labute approximate surface area is 134 Å². The van der Waals surface area contributed by atoms with Crippen LogP contribution in [0.2, 0.25) is 0 Å². The molecule has 1 heterocycles. The number of nitrogens with one attached hydrogen (secondary N) is 1. The Morgan fingerprint density at radius 1 is 1.39 bits per heavy atom. The van der Waals surface area contributed by atoms with Gasteiger partial charge in [-0.25, -0.2) is 4.39 Å². The minimum atomic E-state index is -1.19. The molecule has 0 bridgehead atoms. The van der Waals surface area contributed by atoms with E-state index in [1.54, 1.807) is 32.9 Å². The van der Waals surface area contributed by atoms with Crippen molar-refractivity contribution >= 4 is 22.7 Å². The highest BCUT2D eigenvalue weighted by molar-refractivity contribution is 6.07. The summed E-state index contributed by atoms with van der Waals surface area (Å²) in [7, 11) is 0. The van der Waals surface area contributed by atoms with Crippen LogP contribution in [0.4, 0.5) is 4.39 Å². The lowest BCUT2D eigenvalue weighted by atomic mass is 9.82. The second-order valence-corrected chi connectivity index (χ2v) is 5.83. The first-order chi connectivity index (χ1) is 10.8. The third-order valence-corrected chi connectivity index (χ3v) is 4.23. The molecule has 1 atom stereocenters. The first-order valence-corrected chi connectivity index (χ1v) is 7.48. The van der Waals surface area contributed by atoms with Gasteiger partial charge in [-0.1, -0.05) is 26.8 Å². The third-order valence-electron chi connectivity index (χ3n) is 4.23. The van der Waals surface area contributed by atoms with Gasteiger partial charge in [-0.2, -0.15) is 0 Å². The smallest absolute Gasteiger partial charge is 0.254 e. The Bertz CT molecular complexity index is 761. The number of nitrogens with zero attached hydrogens (tertiary/aromatic N) is 1. The van der Waals surface area contributed by atoms with Gasteiger partial charge in [-0.05, 0) is 30.5 Å². The lowest BCUT2D eigenvalue weighted by Gasteiger charge is -2.34. The number of aromatic nitrogens is 1. The highest BCUT2D eigenvalue weighted by Crippen LogP contribution is 2.24. The number of pyridine rings is 1. The zero-order chi connectivity index (χ0) is 17.2. The molecule has 0 spiro atoms. The van der Waals surface area contributed by atoms with E-state index in [-0.39, 0.29) is 11.5 Å². The molecule has 3 N–H and O–H groups in total. The Hall–Kier alpha value is -2.50. The molecule has 23 heavy (non-hydrogen) atoms. The van der Waals surface area contributed by atoms with Crippen LogP contribution in [-0.4, -0.2) is 22.3 Å². The molecule has 0 aliphatic carbocycles. The number of rotatable bonds is 5. The highest BCUT2D eigenvalue weighted by atomic mass is 19.1. The lowest BCUT2D eigenvalue weighted by molar-refractivity contribution is -0.126. The zero-order valence-electron chi connectivity index (χ0n) is 13.4. The normalized spacial score (nSPS) is 13.8. The van der Waals surface area contributed by atoms with Gasteiger partial charge in [0.15, 0.2) is 0 Å². The predicted octanol–water partition coefficient (Wildman–Crippen LogP) is 2.39. The standard InChI is InChI=1S/C17H20FN3O2/c1-4-17(10(2)3,16(19)23)21-15(22)13-9-12(18)8-11-6-5-7-20-14(11)13/h5-10H,4H2,1-3H3,(H2,19,23)(H,21,22). The minimum Gasteiger partial charge on any atom is -0.368 e. The Balaban J connectivity index is 2.51. The van der Waals surface area contributed by atoms with Crippen LogP contribution < -0.4 is 11.1 Å². The molecule has 0 radical (unpaired) electrons. The maximum absolute atomic E-state index is 13.8. The third kappa shape index (κ3) is 3.02. The van der Waals surface area contributed by atoms with Gasteiger partial charge >= 0.3 is 0 Å². The van der Waals surface area contributed by atoms with Gasteiger partial charge in [0.2, 0.25) is 5.91 Å². The van der Waals surface area contributed by atoms with E-state index in [0.717, 1.165) is 6.07 Å². The summed E-state index contributed by atoms with van der Waals surface area (Å²) in [5, 5.41) is 3.21. The molecular weight excluding hydrogens is 297 g/mol. The maximum Gasteiger partial charge on any atom is 0.254 e. The SMILES string of the molecule is CCC(NC(=O)c1cc(F)cc2cccnc12)(C(N)=O)C(C)C. The fourth-order valence-corrected chi connectivity index (χ4v) is 2.76. The Morgan fingerprint density at radius 2 is 2.09 bits per heavy atom. The number of hydrogen-bond donors (Lipinski definition) is 2. The van der Waals surface area contributed by atoms with Crippen molar-refractivity contribution in [2.24, 2.45) is 11.7 Å². The molecular formula is C17H20FN3O2. The fourth-order valence-electron chi connectivity index (χ4n) is 2.76. The molecule has 2 amide bonds. The molecule has 1 aromatic carbocycles. The predicted molar refractivity (Wildman–Crippen MR) is 86.2 cm³/mol. The van der Waals surface area contributed by atoms with Gasteiger partial charge in [0, 0.05) is 11.6 Å². The summed E-state index contributed by atoms with van der Waals surface area (Å²) in [4.78, 5) is 28.7. The van der Waals surface area contributed by atoms with Crippen LogP contribution in [0.5, 0.6) is 0 Å². The maximum atomic E-state index is 13.8. The molecule has 1 aromatic heterocycles. The van der Waals surface area contributed by atoms with Gasteiger partial charge in [-0.3, -0.25) is 14.6 Å². The van der Waals surface area contributed by atoms with E-state index in [1.165, 1.54) is 12.3 Å². The Morgan fingerprint density at radius 3 is 2.65 bits per heavy atom. The monoisotopic (exact) mass is 317 g/mol. The van der Waals surface area contributed by atoms with E-state index >= 15 is 0 Å². The van der Waals surface area contributed by atoms with Crippen molar-refractivity contribution in [3.8, 4) is 0 Å². The van der Waals surface area contributed by atoms with E-state index < -0.39 is 23.2 Å². The minimum absolute atomic E-state index is 0.0836. The summed E-state index contributed by atoms with van der Waals surface area (Å²) in [5.41, 5.74) is 4.78. The number of hydrogen-bond acceptors (Lipinski definition) is 3. The first kappa shape index (κ1) is 16.9. The molecule has 2 aromatic rings. The van der Waals surface area contributed by atoms with E-state index in [0.29, 0.717) is 17.3 Å². The van der Waals surface area contributed by atoms with Gasteiger partial charge < -0.3 is 11.1 Å². The second-order valence-electron chi connectivity index (χ2n) is 5.83. The number of halogens is 1. The highest BCUT2D eigenvalue weighted by Gasteiger charge is 2.40. The van der Waals surface area contributed by atoms with E-state index in [2.05, 4.69) is 10.3 Å². The van der Waals surface area contributed by atoms with Crippen molar-refractivity contribution < 1.29 is 14.0 Å². The summed E-state index contributed by atoms with van der Waals surface area (Å²) in [6.45, 7) is 5.37. The summed E-state index contributed by atoms with van der Waals surface area (Å²) < 4.78 is 13.8. The van der Waals surface area contributed by atoms with Crippen LogP contribution in [-0.2, 0) is 4.79 Å². The number of amides is 2. The van der Waals surface area contributed by atoms with Crippen molar-refractivity contribution in [3.63, 3.8) is 0 Å². The first-order valence-electron chi connectivity index (χ1n) is 7.48. The van der Waals surface area contributed by atoms with Crippen LogP contribution >= 0.6 is 0 Å². The quantitative estimate of drug-likeness (QED) is 0.888.